The minimum atomic E-state index is -1.44. The SMILES string of the molecule is CCCCCOC(=O)OC(C)C(C)C(c1ccc(OC(=O)OC(C)(C)CC)c(OC(=O)OC(C)(C)CC)c1)[C@H](N)C(=O)O. The van der Waals surface area contributed by atoms with Crippen LogP contribution in [-0.4, -0.2) is 59.5 Å². The van der Waals surface area contributed by atoms with Crippen molar-refractivity contribution in [3.05, 3.63) is 23.8 Å². The van der Waals surface area contributed by atoms with Crippen molar-refractivity contribution in [2.75, 3.05) is 6.61 Å². The number of carbonyl (C=O) groups is 4. The molecule has 1 aromatic rings. The van der Waals surface area contributed by atoms with E-state index >= 15 is 0 Å². The summed E-state index contributed by atoms with van der Waals surface area (Å²) in [6.07, 6.45) is -0.211. The Morgan fingerprint density at radius 3 is 1.86 bits per heavy atom. The van der Waals surface area contributed by atoms with Crippen molar-refractivity contribution in [1.29, 1.82) is 0 Å². The van der Waals surface area contributed by atoms with E-state index in [4.69, 9.17) is 34.2 Å². The summed E-state index contributed by atoms with van der Waals surface area (Å²) < 4.78 is 32.1. The predicted molar refractivity (Wildman–Crippen MR) is 158 cm³/mol. The fourth-order valence-electron chi connectivity index (χ4n) is 3.80. The van der Waals surface area contributed by atoms with Gasteiger partial charge in [0.1, 0.15) is 23.3 Å². The van der Waals surface area contributed by atoms with Crippen LogP contribution in [0.5, 0.6) is 11.5 Å². The Kier molecular flexibility index (Phi) is 14.8. The summed E-state index contributed by atoms with van der Waals surface area (Å²) in [5.41, 5.74) is 4.78. The summed E-state index contributed by atoms with van der Waals surface area (Å²) >= 11 is 0. The first kappa shape index (κ1) is 37.5. The molecule has 0 heterocycles. The van der Waals surface area contributed by atoms with E-state index in [9.17, 15) is 24.3 Å². The monoisotopic (exact) mass is 611 g/mol. The van der Waals surface area contributed by atoms with Gasteiger partial charge in [0.25, 0.3) is 0 Å². The molecule has 0 aromatic heterocycles. The van der Waals surface area contributed by atoms with Gasteiger partial charge in [0.2, 0.25) is 0 Å². The minimum Gasteiger partial charge on any atom is -0.480 e. The van der Waals surface area contributed by atoms with E-state index in [0.717, 1.165) is 12.8 Å². The van der Waals surface area contributed by atoms with Crippen molar-refractivity contribution in [3.63, 3.8) is 0 Å². The molecule has 0 aliphatic carbocycles. The summed E-state index contributed by atoms with van der Waals surface area (Å²) in [5.74, 6) is -3.27. The van der Waals surface area contributed by atoms with Crippen LogP contribution in [0.2, 0.25) is 0 Å². The van der Waals surface area contributed by atoms with Gasteiger partial charge in [-0.2, -0.15) is 0 Å². The topological polar surface area (TPSA) is 170 Å². The summed E-state index contributed by atoms with van der Waals surface area (Å²) in [6, 6.07) is 2.72. The highest BCUT2D eigenvalue weighted by molar-refractivity contribution is 5.75. The Morgan fingerprint density at radius 1 is 0.837 bits per heavy atom. The molecule has 0 aliphatic rings. The maximum atomic E-state index is 12.7. The number of carboxylic acids is 1. The smallest absolute Gasteiger partial charge is 0.480 e. The molecular formula is C31H49NO11. The number of carbonyl (C=O) groups excluding carboxylic acids is 3. The van der Waals surface area contributed by atoms with Crippen LogP contribution in [0.4, 0.5) is 14.4 Å². The van der Waals surface area contributed by atoms with Crippen LogP contribution in [0.1, 0.15) is 106 Å². The lowest BCUT2D eigenvalue weighted by Crippen LogP contribution is -2.42. The Balaban J connectivity index is 3.43. The third kappa shape index (κ3) is 12.7. The van der Waals surface area contributed by atoms with Crippen molar-refractivity contribution in [3.8, 4) is 11.5 Å². The molecular weight excluding hydrogens is 562 g/mol. The van der Waals surface area contributed by atoms with Gasteiger partial charge in [0, 0.05) is 11.8 Å². The van der Waals surface area contributed by atoms with E-state index in [-0.39, 0.29) is 18.1 Å². The molecule has 0 saturated heterocycles. The Hall–Kier alpha value is -3.54. The number of ether oxygens (including phenoxy) is 6. The molecule has 0 saturated carbocycles. The van der Waals surface area contributed by atoms with Crippen LogP contribution >= 0.6 is 0 Å². The number of nitrogens with two attached hydrogens (primary N) is 1. The van der Waals surface area contributed by atoms with E-state index in [1.165, 1.54) is 18.2 Å². The van der Waals surface area contributed by atoms with Crippen molar-refractivity contribution in [1.82, 2.24) is 0 Å². The van der Waals surface area contributed by atoms with E-state index in [2.05, 4.69) is 0 Å². The maximum absolute atomic E-state index is 12.7. The quantitative estimate of drug-likeness (QED) is 0.0853. The second kappa shape index (κ2) is 16.9. The average molecular weight is 612 g/mol. The molecule has 12 nitrogen and oxygen atoms in total. The zero-order valence-corrected chi connectivity index (χ0v) is 26.9. The first-order chi connectivity index (χ1) is 20.0. The Labute approximate surface area is 254 Å². The number of hydrogen-bond donors (Lipinski definition) is 2. The molecule has 0 amide bonds. The Morgan fingerprint density at radius 2 is 1.37 bits per heavy atom. The second-order valence-electron chi connectivity index (χ2n) is 11.7. The highest BCUT2D eigenvalue weighted by Gasteiger charge is 2.36. The maximum Gasteiger partial charge on any atom is 0.514 e. The lowest BCUT2D eigenvalue weighted by atomic mass is 9.79. The average Bonchev–Trinajstić information content (AvgIpc) is 2.91. The van der Waals surface area contributed by atoms with Gasteiger partial charge in [-0.3, -0.25) is 4.79 Å². The van der Waals surface area contributed by atoms with Crippen molar-refractivity contribution in [2.24, 2.45) is 11.7 Å². The minimum absolute atomic E-state index is 0.165. The van der Waals surface area contributed by atoms with Gasteiger partial charge >= 0.3 is 24.4 Å². The van der Waals surface area contributed by atoms with Gasteiger partial charge in [0.15, 0.2) is 11.5 Å². The number of aliphatic carboxylic acids is 1. The lowest BCUT2D eigenvalue weighted by molar-refractivity contribution is -0.139. The van der Waals surface area contributed by atoms with Gasteiger partial charge in [-0.15, -0.1) is 0 Å². The highest BCUT2D eigenvalue weighted by atomic mass is 16.8. The molecule has 0 bridgehead atoms. The van der Waals surface area contributed by atoms with Crippen molar-refractivity contribution < 1.29 is 52.7 Å². The van der Waals surface area contributed by atoms with Crippen LogP contribution < -0.4 is 15.2 Å². The van der Waals surface area contributed by atoms with Crippen LogP contribution in [0.25, 0.3) is 0 Å². The van der Waals surface area contributed by atoms with Crippen LogP contribution in [0, 0.1) is 5.92 Å². The van der Waals surface area contributed by atoms with Crippen molar-refractivity contribution in [2.45, 2.75) is 124 Å². The standard InChI is InChI=1S/C31H49NO11/c1-10-13-14-17-38-27(35)39-20(5)19(4)24(25(32)26(33)34)21-15-16-22(40-28(36)42-30(6,7)11-2)23(18-21)41-29(37)43-31(8,9)12-3/h15-16,18-20,24-25H,10-14,17,32H2,1-9H3,(H,33,34)/t19?,20?,24?,25-/m0/s1. The summed E-state index contributed by atoms with van der Waals surface area (Å²) in [6.45, 7) is 16.0. The number of benzene rings is 1. The summed E-state index contributed by atoms with van der Waals surface area (Å²) in [4.78, 5) is 49.5. The van der Waals surface area contributed by atoms with E-state index in [1.807, 2.05) is 20.8 Å². The first-order valence-electron chi connectivity index (χ1n) is 14.7. The molecule has 12 heteroatoms. The molecule has 0 aliphatic heterocycles. The number of hydrogen-bond acceptors (Lipinski definition) is 11. The molecule has 0 fully saturated rings. The van der Waals surface area contributed by atoms with Gasteiger partial charge in [-0.25, -0.2) is 14.4 Å². The van der Waals surface area contributed by atoms with Crippen LogP contribution in [0.15, 0.2) is 18.2 Å². The Bertz CT molecular complexity index is 1090. The highest BCUT2D eigenvalue weighted by Crippen LogP contribution is 2.38. The summed E-state index contributed by atoms with van der Waals surface area (Å²) in [5, 5.41) is 9.82. The van der Waals surface area contributed by atoms with Gasteiger partial charge < -0.3 is 39.3 Å². The molecule has 43 heavy (non-hydrogen) atoms. The van der Waals surface area contributed by atoms with E-state index < -0.39 is 59.6 Å². The molecule has 4 atom stereocenters. The zero-order valence-electron chi connectivity index (χ0n) is 26.9. The third-order valence-electron chi connectivity index (χ3n) is 7.39. The molecule has 1 aromatic carbocycles. The zero-order chi connectivity index (χ0) is 33.0. The number of carboxylic acid groups (broad SMARTS) is 1. The third-order valence-corrected chi connectivity index (χ3v) is 7.39. The molecule has 0 radical (unpaired) electrons. The predicted octanol–water partition coefficient (Wildman–Crippen LogP) is 6.96. The van der Waals surface area contributed by atoms with Crippen molar-refractivity contribution >= 4 is 24.4 Å². The normalized spacial score (nSPS) is 14.5. The molecule has 3 N–H and O–H groups in total. The fraction of sp³-hybridized carbons (Fsp3) is 0.677. The molecule has 3 unspecified atom stereocenters. The lowest BCUT2D eigenvalue weighted by Gasteiger charge is -2.31. The van der Waals surface area contributed by atoms with E-state index in [0.29, 0.717) is 24.8 Å². The number of rotatable bonds is 16. The van der Waals surface area contributed by atoms with Gasteiger partial charge in [-0.05, 0) is 71.6 Å². The fourth-order valence-corrected chi connectivity index (χ4v) is 3.80. The van der Waals surface area contributed by atoms with Gasteiger partial charge in [-0.1, -0.05) is 46.6 Å². The molecule has 244 valence electrons. The summed E-state index contributed by atoms with van der Waals surface area (Å²) in [7, 11) is 0. The van der Waals surface area contributed by atoms with E-state index in [1.54, 1.807) is 41.5 Å². The first-order valence-corrected chi connectivity index (χ1v) is 14.7. The van der Waals surface area contributed by atoms with Crippen LogP contribution in [0.3, 0.4) is 0 Å². The number of unbranched alkanes of at least 4 members (excludes halogenated alkanes) is 2. The largest absolute Gasteiger partial charge is 0.514 e. The second-order valence-corrected chi connectivity index (χ2v) is 11.7. The van der Waals surface area contributed by atoms with Gasteiger partial charge in [0.05, 0.1) is 6.61 Å². The molecule has 0 spiro atoms. The van der Waals surface area contributed by atoms with Crippen LogP contribution in [-0.2, 0) is 23.7 Å². The molecule has 1 rings (SSSR count).